The van der Waals surface area contributed by atoms with Crippen LogP contribution in [0.1, 0.15) is 30.9 Å². The second kappa shape index (κ2) is 4.69. The summed E-state index contributed by atoms with van der Waals surface area (Å²) < 4.78 is 0. The molecule has 0 radical (unpaired) electrons. The molecule has 1 N–H and O–H groups in total. The van der Waals surface area contributed by atoms with E-state index in [4.69, 9.17) is 5.11 Å². The zero-order valence-electron chi connectivity index (χ0n) is 8.04. The monoisotopic (exact) mass is 174 g/mol. The van der Waals surface area contributed by atoms with E-state index in [1.165, 1.54) is 5.56 Å². The van der Waals surface area contributed by atoms with Gasteiger partial charge in [-0.1, -0.05) is 37.8 Å². The number of rotatable bonds is 1. The molecule has 1 rings (SSSR count). The Labute approximate surface area is 79.4 Å². The third-order valence-electron chi connectivity index (χ3n) is 1.89. The minimum atomic E-state index is -0.0774. The molecule has 0 bridgehead atoms. The summed E-state index contributed by atoms with van der Waals surface area (Å²) in [5.74, 6) is 6.03. The summed E-state index contributed by atoms with van der Waals surface area (Å²) in [7, 11) is 0. The van der Waals surface area contributed by atoms with Gasteiger partial charge in [-0.25, -0.2) is 0 Å². The summed E-state index contributed by atoms with van der Waals surface area (Å²) in [6.45, 7) is 4.24. The van der Waals surface area contributed by atoms with E-state index in [1.54, 1.807) is 0 Å². The van der Waals surface area contributed by atoms with Crippen molar-refractivity contribution in [2.75, 3.05) is 6.61 Å². The van der Waals surface area contributed by atoms with Gasteiger partial charge in [-0.05, 0) is 23.6 Å². The summed E-state index contributed by atoms with van der Waals surface area (Å²) in [6, 6.07) is 8.12. The van der Waals surface area contributed by atoms with Crippen LogP contribution >= 0.6 is 0 Å². The zero-order chi connectivity index (χ0) is 9.68. The summed E-state index contributed by atoms with van der Waals surface area (Å²) in [5, 5.41) is 8.50. The normalized spacial score (nSPS) is 9.54. The van der Waals surface area contributed by atoms with Gasteiger partial charge in [0, 0.05) is 5.56 Å². The molecule has 0 saturated carbocycles. The third-order valence-corrected chi connectivity index (χ3v) is 1.89. The molecule has 0 aliphatic rings. The minimum Gasteiger partial charge on any atom is -0.384 e. The van der Waals surface area contributed by atoms with E-state index in [9.17, 15) is 0 Å². The SMILES string of the molecule is CC(C)c1ccc(C#CCO)cc1. The Hall–Kier alpha value is -1.26. The number of hydrogen-bond donors (Lipinski definition) is 1. The lowest BCUT2D eigenvalue weighted by atomic mass is 10.0. The van der Waals surface area contributed by atoms with E-state index in [1.807, 2.05) is 12.1 Å². The van der Waals surface area contributed by atoms with E-state index in [-0.39, 0.29) is 6.61 Å². The van der Waals surface area contributed by atoms with E-state index in [2.05, 4.69) is 37.8 Å². The summed E-state index contributed by atoms with van der Waals surface area (Å²) in [6.07, 6.45) is 0. The van der Waals surface area contributed by atoms with Crippen molar-refractivity contribution in [1.82, 2.24) is 0 Å². The van der Waals surface area contributed by atoms with Crippen molar-refractivity contribution >= 4 is 0 Å². The summed E-state index contributed by atoms with van der Waals surface area (Å²) in [4.78, 5) is 0. The number of aliphatic hydroxyl groups is 1. The Kier molecular flexibility index (Phi) is 3.54. The third kappa shape index (κ3) is 2.93. The van der Waals surface area contributed by atoms with Crippen molar-refractivity contribution < 1.29 is 5.11 Å². The molecular formula is C12H14O. The molecule has 0 amide bonds. The average Bonchev–Trinajstić information content (AvgIpc) is 2.15. The Morgan fingerprint density at radius 1 is 1.23 bits per heavy atom. The van der Waals surface area contributed by atoms with Gasteiger partial charge in [0.15, 0.2) is 0 Å². The van der Waals surface area contributed by atoms with Crippen LogP contribution in [0.3, 0.4) is 0 Å². The molecule has 0 aliphatic heterocycles. The molecule has 0 aromatic heterocycles. The largest absolute Gasteiger partial charge is 0.384 e. The lowest BCUT2D eigenvalue weighted by Crippen LogP contribution is -1.86. The van der Waals surface area contributed by atoms with Crippen molar-refractivity contribution in [3.05, 3.63) is 35.4 Å². The highest BCUT2D eigenvalue weighted by atomic mass is 16.2. The minimum absolute atomic E-state index is 0.0774. The molecule has 0 unspecified atom stereocenters. The first-order chi connectivity index (χ1) is 6.24. The standard InChI is InChI=1S/C12H14O/c1-10(2)12-7-5-11(6-8-12)4-3-9-13/h5-8,10,13H,9H2,1-2H3. The fraction of sp³-hybridized carbons (Fsp3) is 0.333. The Morgan fingerprint density at radius 3 is 2.31 bits per heavy atom. The van der Waals surface area contributed by atoms with Crippen molar-refractivity contribution in [1.29, 1.82) is 0 Å². The number of hydrogen-bond acceptors (Lipinski definition) is 1. The number of benzene rings is 1. The molecule has 68 valence electrons. The molecule has 0 saturated heterocycles. The summed E-state index contributed by atoms with van der Waals surface area (Å²) in [5.41, 5.74) is 2.27. The van der Waals surface area contributed by atoms with Crippen molar-refractivity contribution in [2.45, 2.75) is 19.8 Å². The molecule has 0 fully saturated rings. The van der Waals surface area contributed by atoms with Crippen molar-refractivity contribution in [3.63, 3.8) is 0 Å². The quantitative estimate of drug-likeness (QED) is 0.647. The zero-order valence-corrected chi connectivity index (χ0v) is 8.04. The molecule has 0 aliphatic carbocycles. The molecule has 1 nitrogen and oxygen atoms in total. The van der Waals surface area contributed by atoms with Gasteiger partial charge in [-0.2, -0.15) is 0 Å². The predicted octanol–water partition coefficient (Wildman–Crippen LogP) is 2.15. The first-order valence-corrected chi connectivity index (χ1v) is 4.43. The maximum atomic E-state index is 8.50. The van der Waals surface area contributed by atoms with Gasteiger partial charge < -0.3 is 5.11 Å². The van der Waals surface area contributed by atoms with Crippen LogP contribution in [0.5, 0.6) is 0 Å². The maximum Gasteiger partial charge on any atom is 0.104 e. The van der Waals surface area contributed by atoms with Gasteiger partial charge in [0.05, 0.1) is 0 Å². The highest BCUT2D eigenvalue weighted by Gasteiger charge is 1.96. The number of aliphatic hydroxyl groups excluding tert-OH is 1. The Balaban J connectivity index is 2.81. The van der Waals surface area contributed by atoms with E-state index >= 15 is 0 Å². The van der Waals surface area contributed by atoms with Crippen LogP contribution < -0.4 is 0 Å². The molecule has 0 atom stereocenters. The molecular weight excluding hydrogens is 160 g/mol. The van der Waals surface area contributed by atoms with Crippen molar-refractivity contribution in [3.8, 4) is 11.8 Å². The first kappa shape index (κ1) is 9.83. The van der Waals surface area contributed by atoms with Crippen LogP contribution in [0.2, 0.25) is 0 Å². The second-order valence-corrected chi connectivity index (χ2v) is 3.24. The van der Waals surface area contributed by atoms with Crippen LogP contribution in [0.4, 0.5) is 0 Å². The van der Waals surface area contributed by atoms with Crippen LogP contribution in [0.15, 0.2) is 24.3 Å². The summed E-state index contributed by atoms with van der Waals surface area (Å²) >= 11 is 0. The van der Waals surface area contributed by atoms with Gasteiger partial charge in [-0.15, -0.1) is 0 Å². The Bertz CT molecular complexity index is 311. The predicted molar refractivity (Wildman–Crippen MR) is 54.5 cm³/mol. The fourth-order valence-electron chi connectivity index (χ4n) is 1.09. The highest BCUT2D eigenvalue weighted by molar-refractivity contribution is 5.36. The van der Waals surface area contributed by atoms with Gasteiger partial charge in [0.25, 0.3) is 0 Å². The molecule has 1 heteroatoms. The van der Waals surface area contributed by atoms with Gasteiger partial charge >= 0.3 is 0 Å². The van der Waals surface area contributed by atoms with E-state index < -0.39 is 0 Å². The van der Waals surface area contributed by atoms with Crippen LogP contribution in [0, 0.1) is 11.8 Å². The first-order valence-electron chi connectivity index (χ1n) is 4.43. The Morgan fingerprint density at radius 2 is 1.85 bits per heavy atom. The van der Waals surface area contributed by atoms with Gasteiger partial charge in [0.2, 0.25) is 0 Å². The van der Waals surface area contributed by atoms with E-state index in [0.717, 1.165) is 5.56 Å². The van der Waals surface area contributed by atoms with Crippen LogP contribution in [0.25, 0.3) is 0 Å². The molecule has 1 aromatic carbocycles. The van der Waals surface area contributed by atoms with Gasteiger partial charge in [-0.3, -0.25) is 0 Å². The smallest absolute Gasteiger partial charge is 0.104 e. The molecule has 0 heterocycles. The maximum absolute atomic E-state index is 8.50. The van der Waals surface area contributed by atoms with Crippen molar-refractivity contribution in [2.24, 2.45) is 0 Å². The molecule has 13 heavy (non-hydrogen) atoms. The van der Waals surface area contributed by atoms with Gasteiger partial charge in [0.1, 0.15) is 6.61 Å². The lowest BCUT2D eigenvalue weighted by molar-refractivity contribution is 0.350. The van der Waals surface area contributed by atoms with E-state index in [0.29, 0.717) is 5.92 Å². The molecule has 0 spiro atoms. The van der Waals surface area contributed by atoms with Crippen LogP contribution in [-0.4, -0.2) is 11.7 Å². The second-order valence-electron chi connectivity index (χ2n) is 3.24. The topological polar surface area (TPSA) is 20.2 Å². The lowest BCUT2D eigenvalue weighted by Gasteiger charge is -2.03. The average molecular weight is 174 g/mol. The molecule has 1 aromatic rings. The highest BCUT2D eigenvalue weighted by Crippen LogP contribution is 2.13. The fourth-order valence-corrected chi connectivity index (χ4v) is 1.09. The van der Waals surface area contributed by atoms with Crippen LogP contribution in [-0.2, 0) is 0 Å².